The topological polar surface area (TPSA) is 112 Å². The number of rotatable bonds is 2. The molecule has 2 aliphatic heterocycles. The lowest BCUT2D eigenvalue weighted by atomic mass is 9.84. The van der Waals surface area contributed by atoms with Crippen molar-refractivity contribution in [2.24, 2.45) is 11.8 Å². The van der Waals surface area contributed by atoms with Gasteiger partial charge < -0.3 is 29.2 Å². The molecule has 8 heteroatoms. The van der Waals surface area contributed by atoms with E-state index >= 15 is 0 Å². The molecule has 0 amide bonds. The maximum atomic E-state index is 12.5. The van der Waals surface area contributed by atoms with Crippen molar-refractivity contribution in [1.29, 1.82) is 0 Å². The normalized spacial score (nSPS) is 40.8. The molecule has 8 atom stereocenters. The summed E-state index contributed by atoms with van der Waals surface area (Å²) in [5.41, 5.74) is 0. The molecular formula is C22H34O8. The van der Waals surface area contributed by atoms with Gasteiger partial charge >= 0.3 is 11.9 Å². The van der Waals surface area contributed by atoms with Crippen LogP contribution in [-0.2, 0) is 28.5 Å². The summed E-state index contributed by atoms with van der Waals surface area (Å²) in [6, 6.07) is 0. The number of esters is 2. The van der Waals surface area contributed by atoms with E-state index in [2.05, 4.69) is 0 Å². The molecule has 1 saturated heterocycles. The highest BCUT2D eigenvalue weighted by atomic mass is 16.6. The number of carbonyl (C=O) groups is 2. The van der Waals surface area contributed by atoms with Crippen molar-refractivity contribution < 1.29 is 38.7 Å². The molecule has 0 radical (unpaired) electrons. The Bertz CT molecular complexity index is 631. The summed E-state index contributed by atoms with van der Waals surface area (Å²) in [6.45, 7) is 4.96. The van der Waals surface area contributed by atoms with E-state index < -0.39 is 42.6 Å². The van der Waals surface area contributed by atoms with E-state index in [1.54, 1.807) is 25.2 Å². The Hall–Kier alpha value is -1.74. The van der Waals surface area contributed by atoms with Crippen molar-refractivity contribution in [1.82, 2.24) is 0 Å². The molecule has 2 aliphatic rings. The number of aliphatic hydroxyl groups excluding tert-OH is 2. The van der Waals surface area contributed by atoms with E-state index in [0.717, 1.165) is 0 Å². The van der Waals surface area contributed by atoms with Crippen molar-refractivity contribution in [3.63, 3.8) is 0 Å². The predicted molar refractivity (Wildman–Crippen MR) is 108 cm³/mol. The highest BCUT2D eigenvalue weighted by molar-refractivity contribution is 5.71. The number of fused-ring (bicyclic) bond motifs is 1. The number of aliphatic hydroxyl groups is 2. The van der Waals surface area contributed by atoms with Gasteiger partial charge in [0.1, 0.15) is 18.3 Å². The van der Waals surface area contributed by atoms with Crippen LogP contribution in [0.3, 0.4) is 0 Å². The van der Waals surface area contributed by atoms with Crippen LogP contribution in [0.5, 0.6) is 0 Å². The van der Waals surface area contributed by atoms with Crippen molar-refractivity contribution in [2.45, 2.75) is 83.3 Å². The molecule has 1 fully saturated rings. The SMILES string of the molecule is COC1[C@H](OC(C)=O)CC(=O)O[C@H](C)C/C=C/C=C/[C@H](O)[C@H](C)C[C@@H]2CC(O)O[C@@H]12. The van der Waals surface area contributed by atoms with Gasteiger partial charge in [0, 0.05) is 26.9 Å². The van der Waals surface area contributed by atoms with Gasteiger partial charge in [0.15, 0.2) is 6.29 Å². The third kappa shape index (κ3) is 7.19. The summed E-state index contributed by atoms with van der Waals surface area (Å²) in [6.07, 6.45) is 4.06. The van der Waals surface area contributed by atoms with Crippen molar-refractivity contribution in [2.75, 3.05) is 7.11 Å². The molecule has 0 aromatic heterocycles. The van der Waals surface area contributed by atoms with Crippen LogP contribution >= 0.6 is 0 Å². The minimum Gasteiger partial charge on any atom is -0.462 e. The van der Waals surface area contributed by atoms with E-state index in [0.29, 0.717) is 19.3 Å². The average Bonchev–Trinajstić information content (AvgIpc) is 3.00. The lowest BCUT2D eigenvalue weighted by Crippen LogP contribution is -2.46. The largest absolute Gasteiger partial charge is 0.462 e. The Morgan fingerprint density at radius 3 is 2.60 bits per heavy atom. The molecule has 0 saturated carbocycles. The summed E-state index contributed by atoms with van der Waals surface area (Å²) < 4.78 is 22.1. The zero-order valence-electron chi connectivity index (χ0n) is 18.1. The Morgan fingerprint density at radius 2 is 1.93 bits per heavy atom. The second-order valence-electron chi connectivity index (χ2n) is 8.16. The molecule has 0 aromatic rings. The van der Waals surface area contributed by atoms with Crippen molar-refractivity contribution in [3.8, 4) is 0 Å². The number of hydrogen-bond acceptors (Lipinski definition) is 8. The molecule has 0 bridgehead atoms. The fourth-order valence-corrected chi connectivity index (χ4v) is 4.07. The molecule has 170 valence electrons. The third-order valence-electron chi connectivity index (χ3n) is 5.54. The van der Waals surface area contributed by atoms with Gasteiger partial charge in [-0.1, -0.05) is 31.2 Å². The summed E-state index contributed by atoms with van der Waals surface area (Å²) in [5, 5.41) is 20.6. The van der Waals surface area contributed by atoms with Gasteiger partial charge in [-0.3, -0.25) is 9.59 Å². The van der Waals surface area contributed by atoms with Gasteiger partial charge in [-0.25, -0.2) is 0 Å². The van der Waals surface area contributed by atoms with E-state index in [-0.39, 0.29) is 24.4 Å². The van der Waals surface area contributed by atoms with Crippen LogP contribution in [0, 0.1) is 11.8 Å². The van der Waals surface area contributed by atoms with Crippen LogP contribution in [0.15, 0.2) is 24.3 Å². The van der Waals surface area contributed by atoms with E-state index in [4.69, 9.17) is 18.9 Å². The van der Waals surface area contributed by atoms with Crippen LogP contribution in [0.1, 0.15) is 46.5 Å². The zero-order valence-corrected chi connectivity index (χ0v) is 18.1. The number of methoxy groups -OCH3 is 1. The second kappa shape index (κ2) is 11.6. The first-order valence-electron chi connectivity index (χ1n) is 10.5. The Labute approximate surface area is 177 Å². The second-order valence-corrected chi connectivity index (χ2v) is 8.16. The first kappa shape index (κ1) is 24.5. The quantitative estimate of drug-likeness (QED) is 0.644. The first-order valence-corrected chi connectivity index (χ1v) is 10.5. The van der Waals surface area contributed by atoms with Gasteiger partial charge in [-0.2, -0.15) is 0 Å². The van der Waals surface area contributed by atoms with Crippen LogP contribution in [0.4, 0.5) is 0 Å². The maximum Gasteiger partial charge on any atom is 0.309 e. The zero-order chi connectivity index (χ0) is 22.3. The smallest absolute Gasteiger partial charge is 0.309 e. The van der Waals surface area contributed by atoms with Crippen LogP contribution < -0.4 is 0 Å². The molecule has 2 heterocycles. The van der Waals surface area contributed by atoms with Crippen molar-refractivity contribution in [3.05, 3.63) is 24.3 Å². The summed E-state index contributed by atoms with van der Waals surface area (Å²) >= 11 is 0. The first-order chi connectivity index (χ1) is 14.2. The van der Waals surface area contributed by atoms with Crippen LogP contribution in [0.25, 0.3) is 0 Å². The average molecular weight is 427 g/mol. The van der Waals surface area contributed by atoms with Gasteiger partial charge in [-0.15, -0.1) is 0 Å². The summed E-state index contributed by atoms with van der Waals surface area (Å²) in [7, 11) is 1.45. The number of allylic oxidation sites excluding steroid dienone is 2. The van der Waals surface area contributed by atoms with Gasteiger partial charge in [0.2, 0.25) is 0 Å². The molecule has 2 N–H and O–H groups in total. The fourth-order valence-electron chi connectivity index (χ4n) is 4.07. The van der Waals surface area contributed by atoms with E-state index in [9.17, 15) is 19.8 Å². The number of cyclic esters (lactones) is 1. The molecule has 0 aliphatic carbocycles. The molecule has 2 rings (SSSR count). The van der Waals surface area contributed by atoms with Crippen molar-refractivity contribution >= 4 is 11.9 Å². The van der Waals surface area contributed by atoms with E-state index in [1.807, 2.05) is 13.0 Å². The maximum absolute atomic E-state index is 12.5. The van der Waals surface area contributed by atoms with E-state index in [1.165, 1.54) is 14.0 Å². The monoisotopic (exact) mass is 426 g/mol. The standard InChI is InChI=1S/C22H34O8/c1-13-10-16-11-19(25)30-21(16)22(27-4)18(29-15(3)23)12-20(26)28-14(2)8-6-5-7-9-17(13)24/h5-7,9,13-14,16-19,21-22,24-25H,8,10-12H2,1-4H3/b6-5+,9-7+/t13-,14-,16-,17+,18-,19?,21-,22?/m1/s1. The highest BCUT2D eigenvalue weighted by Crippen LogP contribution is 2.36. The highest BCUT2D eigenvalue weighted by Gasteiger charge is 2.45. The molecule has 0 spiro atoms. The lowest BCUT2D eigenvalue weighted by molar-refractivity contribution is -0.181. The number of hydrogen-bond donors (Lipinski definition) is 2. The van der Waals surface area contributed by atoms with Crippen LogP contribution in [-0.4, -0.2) is 66.1 Å². The fraction of sp³-hybridized carbons (Fsp3) is 0.727. The van der Waals surface area contributed by atoms with Gasteiger partial charge in [0.05, 0.1) is 18.6 Å². The van der Waals surface area contributed by atoms with Gasteiger partial charge in [0.25, 0.3) is 0 Å². The molecule has 0 aromatic carbocycles. The Morgan fingerprint density at radius 1 is 1.20 bits per heavy atom. The predicted octanol–water partition coefficient (Wildman–Crippen LogP) is 1.88. The molecule has 30 heavy (non-hydrogen) atoms. The molecule has 2 unspecified atom stereocenters. The lowest BCUT2D eigenvalue weighted by Gasteiger charge is -2.33. The molecule has 8 nitrogen and oxygen atoms in total. The van der Waals surface area contributed by atoms with Crippen LogP contribution in [0.2, 0.25) is 0 Å². The number of ether oxygens (including phenoxy) is 4. The number of carbonyl (C=O) groups excluding carboxylic acids is 2. The summed E-state index contributed by atoms with van der Waals surface area (Å²) in [4.78, 5) is 24.1. The third-order valence-corrected chi connectivity index (χ3v) is 5.54. The minimum atomic E-state index is -0.993. The minimum absolute atomic E-state index is 0.0995. The molecular weight excluding hydrogens is 392 g/mol. The summed E-state index contributed by atoms with van der Waals surface area (Å²) in [5.74, 6) is -1.31. The van der Waals surface area contributed by atoms with Gasteiger partial charge in [-0.05, 0) is 25.2 Å². The Kier molecular flexibility index (Phi) is 9.48. The Balaban J connectivity index is 2.33.